The Labute approximate surface area is 164 Å². The predicted octanol–water partition coefficient (Wildman–Crippen LogP) is -1.41. The summed E-state index contributed by atoms with van der Waals surface area (Å²) in [4.78, 5) is 11.2. The fraction of sp³-hybridized carbons (Fsp3) is 0.833. The fourth-order valence-electron chi connectivity index (χ4n) is 3.04. The van der Waals surface area contributed by atoms with Crippen molar-refractivity contribution >= 4 is 5.91 Å². The second-order valence-corrected chi connectivity index (χ2v) is 6.66. The number of carbonyl (C=O) groups is 1. The Kier molecular flexibility index (Phi) is 9.75. The minimum atomic E-state index is -1.25. The molecular formula is C18H31NO9. The molecule has 0 aromatic rings. The van der Waals surface area contributed by atoms with E-state index in [4.69, 9.17) is 28.4 Å². The molecule has 2 aliphatic rings. The van der Waals surface area contributed by atoms with E-state index in [2.05, 4.69) is 11.9 Å². The van der Waals surface area contributed by atoms with Crippen molar-refractivity contribution in [2.24, 2.45) is 0 Å². The van der Waals surface area contributed by atoms with Crippen molar-refractivity contribution in [3.05, 3.63) is 12.7 Å². The van der Waals surface area contributed by atoms with E-state index in [1.54, 1.807) is 6.08 Å². The van der Waals surface area contributed by atoms with E-state index >= 15 is 0 Å². The van der Waals surface area contributed by atoms with Crippen molar-refractivity contribution in [1.82, 2.24) is 5.32 Å². The second-order valence-electron chi connectivity index (χ2n) is 6.66. The van der Waals surface area contributed by atoms with Gasteiger partial charge in [-0.15, -0.1) is 6.58 Å². The summed E-state index contributed by atoms with van der Waals surface area (Å²) in [7, 11) is 0. The molecular weight excluding hydrogens is 374 g/mol. The van der Waals surface area contributed by atoms with E-state index < -0.39 is 30.1 Å². The molecule has 2 fully saturated rings. The summed E-state index contributed by atoms with van der Waals surface area (Å²) >= 11 is 0. The van der Waals surface area contributed by atoms with Gasteiger partial charge in [0.1, 0.15) is 23.9 Å². The lowest BCUT2D eigenvalue weighted by Crippen LogP contribution is -2.66. The minimum Gasteiger partial charge on any atom is -0.388 e. The Morgan fingerprint density at radius 3 is 2.36 bits per heavy atom. The monoisotopic (exact) mass is 405 g/mol. The van der Waals surface area contributed by atoms with Crippen LogP contribution in [0, 0.1) is 0 Å². The number of rotatable bonds is 14. The molecule has 5 atom stereocenters. The molecule has 0 aliphatic carbocycles. The highest BCUT2D eigenvalue weighted by Crippen LogP contribution is 2.37. The van der Waals surface area contributed by atoms with Gasteiger partial charge in [-0.2, -0.15) is 0 Å². The molecule has 0 spiro atoms. The van der Waals surface area contributed by atoms with Crippen LogP contribution < -0.4 is 5.32 Å². The normalized spacial score (nSPS) is 31.7. The highest BCUT2D eigenvalue weighted by atomic mass is 16.8. The van der Waals surface area contributed by atoms with Crippen molar-refractivity contribution in [2.45, 2.75) is 37.1 Å². The molecule has 1 amide bonds. The number of hydrogen-bond donors (Lipinski definition) is 3. The number of amides is 1. The average Bonchev–Trinajstić information content (AvgIpc) is 3.07. The summed E-state index contributed by atoms with van der Waals surface area (Å²) in [6.07, 6.45) is -1.60. The largest absolute Gasteiger partial charge is 0.388 e. The Hall–Kier alpha value is -1.11. The third-order valence-electron chi connectivity index (χ3n) is 4.43. The number of carbonyl (C=O) groups excluding carboxylic acids is 1. The standard InChI is InChI=1S/C18H31NO9/c1-3-4-23-5-6-24-7-8-25-9-10-26-11-18-12-27-17(28-18)14(19-13(2)20)15(21)16(18)22/h3,14-17,21-22H,1,4-12H2,2H3,(H,19,20). The van der Waals surface area contributed by atoms with Gasteiger partial charge in [0.05, 0.1) is 59.5 Å². The van der Waals surface area contributed by atoms with Gasteiger partial charge < -0.3 is 44.0 Å². The fourth-order valence-corrected chi connectivity index (χ4v) is 3.04. The van der Waals surface area contributed by atoms with Crippen LogP contribution in [-0.4, -0.2) is 106 Å². The highest BCUT2D eigenvalue weighted by Gasteiger charge is 2.59. The minimum absolute atomic E-state index is 0.0367. The molecule has 3 N–H and O–H groups in total. The van der Waals surface area contributed by atoms with E-state index in [9.17, 15) is 15.0 Å². The van der Waals surface area contributed by atoms with Crippen molar-refractivity contribution in [1.29, 1.82) is 0 Å². The Bertz CT molecular complexity index is 492. The van der Waals surface area contributed by atoms with Crippen LogP contribution in [0.3, 0.4) is 0 Å². The summed E-state index contributed by atoms with van der Waals surface area (Å²) in [5.41, 5.74) is -1.16. The zero-order valence-corrected chi connectivity index (χ0v) is 16.2. The molecule has 0 saturated carbocycles. The summed E-state index contributed by atoms with van der Waals surface area (Å²) in [5.74, 6) is -0.343. The van der Waals surface area contributed by atoms with E-state index in [0.717, 1.165) is 0 Å². The van der Waals surface area contributed by atoms with Crippen LogP contribution in [-0.2, 0) is 33.2 Å². The Morgan fingerprint density at radius 1 is 1.14 bits per heavy atom. The molecule has 0 aromatic heterocycles. The molecule has 0 aromatic carbocycles. The van der Waals surface area contributed by atoms with Gasteiger partial charge in [0.25, 0.3) is 0 Å². The lowest BCUT2D eigenvalue weighted by atomic mass is 9.88. The van der Waals surface area contributed by atoms with Crippen molar-refractivity contribution in [2.75, 3.05) is 59.5 Å². The van der Waals surface area contributed by atoms with E-state index in [1.165, 1.54) is 6.92 Å². The molecule has 2 aliphatic heterocycles. The Morgan fingerprint density at radius 2 is 1.75 bits per heavy atom. The maximum Gasteiger partial charge on any atom is 0.217 e. The molecule has 28 heavy (non-hydrogen) atoms. The lowest BCUT2D eigenvalue weighted by Gasteiger charge is -2.42. The first-order valence-electron chi connectivity index (χ1n) is 9.35. The van der Waals surface area contributed by atoms with Crippen molar-refractivity contribution in [3.8, 4) is 0 Å². The maximum atomic E-state index is 11.2. The maximum absolute atomic E-state index is 11.2. The van der Waals surface area contributed by atoms with Gasteiger partial charge in [-0.05, 0) is 0 Å². The molecule has 2 saturated heterocycles. The molecule has 10 nitrogen and oxygen atoms in total. The summed E-state index contributed by atoms with van der Waals surface area (Å²) < 4.78 is 32.7. The summed E-state index contributed by atoms with van der Waals surface area (Å²) in [6, 6.07) is -0.825. The summed E-state index contributed by atoms with van der Waals surface area (Å²) in [5, 5.41) is 23.3. The number of aliphatic hydroxyl groups excluding tert-OH is 2. The van der Waals surface area contributed by atoms with Crippen LogP contribution in [0.15, 0.2) is 12.7 Å². The van der Waals surface area contributed by atoms with Gasteiger partial charge in [0.2, 0.25) is 5.91 Å². The quantitative estimate of drug-likeness (QED) is 0.236. The zero-order chi connectivity index (χ0) is 20.4. The van der Waals surface area contributed by atoms with Gasteiger partial charge >= 0.3 is 0 Å². The predicted molar refractivity (Wildman–Crippen MR) is 96.6 cm³/mol. The first-order chi connectivity index (χ1) is 13.5. The van der Waals surface area contributed by atoms with Gasteiger partial charge in [0, 0.05) is 6.92 Å². The third-order valence-corrected chi connectivity index (χ3v) is 4.43. The zero-order valence-electron chi connectivity index (χ0n) is 16.2. The molecule has 5 unspecified atom stereocenters. The average molecular weight is 405 g/mol. The number of nitrogens with one attached hydrogen (secondary N) is 1. The van der Waals surface area contributed by atoms with Crippen molar-refractivity contribution in [3.63, 3.8) is 0 Å². The van der Waals surface area contributed by atoms with Gasteiger partial charge in [-0.25, -0.2) is 0 Å². The van der Waals surface area contributed by atoms with Crippen LogP contribution >= 0.6 is 0 Å². The number of aliphatic hydroxyl groups is 2. The summed E-state index contributed by atoms with van der Waals surface area (Å²) in [6.45, 7) is 8.01. The van der Waals surface area contributed by atoms with Crippen LogP contribution in [0.25, 0.3) is 0 Å². The van der Waals surface area contributed by atoms with Gasteiger partial charge in [-0.3, -0.25) is 4.79 Å². The van der Waals surface area contributed by atoms with Gasteiger partial charge in [0.15, 0.2) is 6.29 Å². The number of ether oxygens (including phenoxy) is 6. The molecule has 2 rings (SSSR count). The van der Waals surface area contributed by atoms with Gasteiger partial charge in [-0.1, -0.05) is 6.08 Å². The smallest absolute Gasteiger partial charge is 0.217 e. The Balaban J connectivity index is 1.57. The molecule has 2 heterocycles. The number of fused-ring (bicyclic) bond motifs is 2. The second kappa shape index (κ2) is 11.8. The molecule has 0 radical (unpaired) electrons. The van der Waals surface area contributed by atoms with E-state index in [-0.39, 0.29) is 25.7 Å². The van der Waals surface area contributed by atoms with E-state index in [1.807, 2.05) is 0 Å². The van der Waals surface area contributed by atoms with E-state index in [0.29, 0.717) is 39.6 Å². The topological polar surface area (TPSA) is 125 Å². The van der Waals surface area contributed by atoms with Crippen LogP contribution in [0.5, 0.6) is 0 Å². The van der Waals surface area contributed by atoms with Crippen molar-refractivity contribution < 1.29 is 43.4 Å². The number of hydrogen-bond acceptors (Lipinski definition) is 9. The molecule has 162 valence electrons. The van der Waals surface area contributed by atoms with Crippen LogP contribution in [0.4, 0.5) is 0 Å². The third kappa shape index (κ3) is 6.46. The van der Waals surface area contributed by atoms with Crippen LogP contribution in [0.2, 0.25) is 0 Å². The molecule has 10 heteroatoms. The first kappa shape index (κ1) is 23.2. The lowest BCUT2D eigenvalue weighted by molar-refractivity contribution is -0.238. The SMILES string of the molecule is C=CCOCCOCCOCCOCC12COC(O1)C(NC(C)=O)C(O)C2O. The first-order valence-corrected chi connectivity index (χ1v) is 9.35. The highest BCUT2D eigenvalue weighted by molar-refractivity contribution is 5.73. The molecule has 2 bridgehead atoms. The van der Waals surface area contributed by atoms with Crippen LogP contribution in [0.1, 0.15) is 6.92 Å².